The first-order valence-electron chi connectivity index (χ1n) is 17.6. The lowest BCUT2D eigenvalue weighted by molar-refractivity contribution is 0.666. The van der Waals surface area contributed by atoms with Crippen LogP contribution < -0.4 is 4.90 Å². The average Bonchev–Trinajstić information content (AvgIpc) is 3.89. The molecule has 0 saturated heterocycles. The van der Waals surface area contributed by atoms with E-state index in [2.05, 4.69) is 179 Å². The van der Waals surface area contributed by atoms with Gasteiger partial charge in [0.05, 0.1) is 27.1 Å². The number of benzene rings is 8. The monoisotopic (exact) mass is 682 g/mol. The standard InChI is InChI=1S/C48H30N2OS/c1-2-12-33(13-3-1)49(44-21-11-18-39-37-16-6-9-23-46(37)52-48(39)44)34-27-24-31(25-28-34)32-26-29-42-40(30-32)35-14-4-7-19-41(35)50(42)43-20-10-17-38-36-15-5-8-22-45(36)51-47(38)43/h1-30H. The molecular weight excluding hydrogens is 653 g/mol. The molecule has 3 aromatic heterocycles. The summed E-state index contributed by atoms with van der Waals surface area (Å²) < 4.78 is 11.5. The van der Waals surface area contributed by atoms with E-state index in [0.717, 1.165) is 50.0 Å². The van der Waals surface area contributed by atoms with Gasteiger partial charge in [-0.1, -0.05) is 115 Å². The smallest absolute Gasteiger partial charge is 0.159 e. The van der Waals surface area contributed by atoms with Gasteiger partial charge in [-0.05, 0) is 77.9 Å². The molecular formula is C48H30N2OS. The van der Waals surface area contributed by atoms with Crippen LogP contribution in [-0.2, 0) is 0 Å². The SMILES string of the molecule is c1ccc(N(c2ccc(-c3ccc4c(c3)c3ccccc3n4-c3cccc4c3oc3ccccc34)cc2)c2cccc3c2sc2ccccc23)cc1. The van der Waals surface area contributed by atoms with Crippen molar-refractivity contribution in [2.24, 2.45) is 0 Å². The van der Waals surface area contributed by atoms with Gasteiger partial charge in [0.1, 0.15) is 5.58 Å². The topological polar surface area (TPSA) is 21.3 Å². The molecule has 0 aliphatic heterocycles. The summed E-state index contributed by atoms with van der Waals surface area (Å²) in [4.78, 5) is 2.39. The van der Waals surface area contributed by atoms with Crippen LogP contribution in [0.5, 0.6) is 0 Å². The second kappa shape index (κ2) is 11.5. The maximum Gasteiger partial charge on any atom is 0.159 e. The molecule has 11 aromatic rings. The van der Waals surface area contributed by atoms with Crippen molar-refractivity contribution in [3.05, 3.63) is 182 Å². The first-order valence-corrected chi connectivity index (χ1v) is 18.4. The van der Waals surface area contributed by atoms with Gasteiger partial charge in [-0.3, -0.25) is 0 Å². The minimum absolute atomic E-state index is 0.903. The molecule has 11 rings (SSSR count). The summed E-state index contributed by atoms with van der Waals surface area (Å²) in [6.07, 6.45) is 0. The van der Waals surface area contributed by atoms with Crippen molar-refractivity contribution < 1.29 is 4.42 Å². The Hall–Kier alpha value is -6.62. The molecule has 0 spiro atoms. The molecule has 3 nitrogen and oxygen atoms in total. The van der Waals surface area contributed by atoms with Crippen molar-refractivity contribution in [3.63, 3.8) is 0 Å². The molecule has 3 heterocycles. The number of nitrogens with zero attached hydrogens (tertiary/aromatic N) is 2. The normalized spacial score (nSPS) is 11.8. The van der Waals surface area contributed by atoms with Crippen LogP contribution in [0.25, 0.3) is 80.7 Å². The zero-order valence-electron chi connectivity index (χ0n) is 28.0. The largest absolute Gasteiger partial charge is 0.454 e. The van der Waals surface area contributed by atoms with E-state index >= 15 is 0 Å². The minimum Gasteiger partial charge on any atom is -0.454 e. The van der Waals surface area contributed by atoms with Crippen molar-refractivity contribution in [1.82, 2.24) is 4.57 Å². The van der Waals surface area contributed by atoms with E-state index in [1.54, 1.807) is 0 Å². The van der Waals surface area contributed by atoms with E-state index in [0.29, 0.717) is 0 Å². The third-order valence-electron chi connectivity index (χ3n) is 10.4. The summed E-state index contributed by atoms with van der Waals surface area (Å²) in [5.74, 6) is 0. The van der Waals surface area contributed by atoms with Gasteiger partial charge in [0, 0.05) is 48.4 Å². The highest BCUT2D eigenvalue weighted by atomic mass is 32.1. The summed E-state index contributed by atoms with van der Waals surface area (Å²) in [6, 6.07) is 65.4. The molecule has 4 heteroatoms. The van der Waals surface area contributed by atoms with E-state index in [1.807, 2.05) is 23.5 Å². The molecule has 0 atom stereocenters. The third kappa shape index (κ3) is 4.38. The summed E-state index contributed by atoms with van der Waals surface area (Å²) in [6.45, 7) is 0. The van der Waals surface area contributed by atoms with Crippen LogP contribution in [0.2, 0.25) is 0 Å². The van der Waals surface area contributed by atoms with Crippen molar-refractivity contribution in [2.45, 2.75) is 0 Å². The number of hydrogen-bond acceptors (Lipinski definition) is 3. The van der Waals surface area contributed by atoms with Crippen LogP contribution in [0.4, 0.5) is 17.1 Å². The van der Waals surface area contributed by atoms with Crippen LogP contribution in [-0.4, -0.2) is 4.57 Å². The Labute approximate surface area is 303 Å². The van der Waals surface area contributed by atoms with Gasteiger partial charge in [0.25, 0.3) is 0 Å². The highest BCUT2D eigenvalue weighted by Gasteiger charge is 2.20. The van der Waals surface area contributed by atoms with Gasteiger partial charge in [-0.2, -0.15) is 0 Å². The molecule has 0 saturated carbocycles. The summed E-state index contributed by atoms with van der Waals surface area (Å²) >= 11 is 1.86. The van der Waals surface area contributed by atoms with Gasteiger partial charge in [0.2, 0.25) is 0 Å². The first kappa shape index (κ1) is 29.1. The molecule has 52 heavy (non-hydrogen) atoms. The van der Waals surface area contributed by atoms with Gasteiger partial charge < -0.3 is 13.9 Å². The molecule has 0 radical (unpaired) electrons. The second-order valence-corrected chi connectivity index (χ2v) is 14.4. The van der Waals surface area contributed by atoms with Crippen LogP contribution in [0, 0.1) is 0 Å². The number of furan rings is 1. The molecule has 0 bridgehead atoms. The quantitative estimate of drug-likeness (QED) is 0.180. The predicted octanol–water partition coefficient (Wildman–Crippen LogP) is 14.2. The van der Waals surface area contributed by atoms with Crippen LogP contribution in [0.3, 0.4) is 0 Å². The van der Waals surface area contributed by atoms with E-state index in [1.165, 1.54) is 47.8 Å². The van der Waals surface area contributed by atoms with E-state index in [4.69, 9.17) is 4.42 Å². The summed E-state index contributed by atoms with van der Waals surface area (Å²) in [7, 11) is 0. The Morgan fingerprint density at radius 2 is 1.10 bits per heavy atom. The fourth-order valence-corrected chi connectivity index (χ4v) is 9.24. The van der Waals surface area contributed by atoms with Gasteiger partial charge in [-0.25, -0.2) is 0 Å². The maximum atomic E-state index is 6.51. The number of para-hydroxylation sites is 4. The molecule has 0 aliphatic rings. The average molecular weight is 683 g/mol. The van der Waals surface area contributed by atoms with E-state index in [9.17, 15) is 0 Å². The Bertz CT molecular complexity index is 3130. The summed E-state index contributed by atoms with van der Waals surface area (Å²) in [5, 5.41) is 7.29. The lowest BCUT2D eigenvalue weighted by Crippen LogP contribution is -2.09. The number of fused-ring (bicyclic) bond motifs is 9. The number of thiophene rings is 1. The predicted molar refractivity (Wildman–Crippen MR) is 221 cm³/mol. The fourth-order valence-electron chi connectivity index (χ4n) is 8.04. The maximum absolute atomic E-state index is 6.51. The Balaban J connectivity index is 1.04. The molecule has 0 amide bonds. The Morgan fingerprint density at radius 3 is 1.98 bits per heavy atom. The van der Waals surface area contributed by atoms with Gasteiger partial charge in [-0.15, -0.1) is 11.3 Å². The lowest BCUT2D eigenvalue weighted by atomic mass is 10.0. The number of hydrogen-bond donors (Lipinski definition) is 0. The fraction of sp³-hybridized carbons (Fsp3) is 0. The molecule has 0 N–H and O–H groups in total. The summed E-state index contributed by atoms with van der Waals surface area (Å²) in [5.41, 5.74) is 11.0. The van der Waals surface area contributed by atoms with Gasteiger partial charge >= 0.3 is 0 Å². The van der Waals surface area contributed by atoms with Crippen LogP contribution in [0.1, 0.15) is 0 Å². The zero-order valence-corrected chi connectivity index (χ0v) is 28.8. The van der Waals surface area contributed by atoms with E-state index in [-0.39, 0.29) is 0 Å². The van der Waals surface area contributed by atoms with Gasteiger partial charge in [0.15, 0.2) is 5.58 Å². The lowest BCUT2D eigenvalue weighted by Gasteiger charge is -2.26. The third-order valence-corrected chi connectivity index (χ3v) is 11.6. The highest BCUT2D eigenvalue weighted by molar-refractivity contribution is 7.26. The van der Waals surface area contributed by atoms with Crippen molar-refractivity contribution in [2.75, 3.05) is 4.90 Å². The Kier molecular flexibility index (Phi) is 6.42. The second-order valence-electron chi connectivity index (χ2n) is 13.3. The van der Waals surface area contributed by atoms with Crippen molar-refractivity contribution in [3.8, 4) is 16.8 Å². The van der Waals surface area contributed by atoms with Crippen LogP contribution in [0.15, 0.2) is 186 Å². The molecule has 0 unspecified atom stereocenters. The van der Waals surface area contributed by atoms with E-state index < -0.39 is 0 Å². The first-order chi connectivity index (χ1) is 25.8. The zero-order chi connectivity index (χ0) is 34.2. The van der Waals surface area contributed by atoms with Crippen LogP contribution >= 0.6 is 11.3 Å². The number of rotatable bonds is 5. The highest BCUT2D eigenvalue weighted by Crippen LogP contribution is 2.45. The minimum atomic E-state index is 0.903. The molecule has 8 aromatic carbocycles. The Morgan fingerprint density at radius 1 is 0.442 bits per heavy atom. The molecule has 244 valence electrons. The number of aromatic nitrogens is 1. The number of anilines is 3. The molecule has 0 aliphatic carbocycles. The van der Waals surface area contributed by atoms with Crippen molar-refractivity contribution >= 4 is 92.3 Å². The van der Waals surface area contributed by atoms with Crippen molar-refractivity contribution in [1.29, 1.82) is 0 Å². The molecule has 0 fully saturated rings.